The molecule has 0 fully saturated rings. The van der Waals surface area contributed by atoms with Gasteiger partial charge in [0.05, 0.1) is 11.3 Å². The Morgan fingerprint density at radius 2 is 2.18 bits per heavy atom. The van der Waals surface area contributed by atoms with Crippen LogP contribution in [0.25, 0.3) is 0 Å². The Labute approximate surface area is 103 Å². The molecule has 17 heavy (non-hydrogen) atoms. The number of rotatable bonds is 2. The topological polar surface area (TPSA) is 71.9 Å². The van der Waals surface area contributed by atoms with Crippen molar-refractivity contribution in [2.75, 3.05) is 5.73 Å². The molecular weight excluding hydrogens is 234 g/mol. The summed E-state index contributed by atoms with van der Waals surface area (Å²) in [6.07, 6.45) is 0. The second-order valence-corrected chi connectivity index (χ2v) is 4.76. The molecule has 4 nitrogen and oxygen atoms in total. The SMILES string of the molecule is Cc1nc(Oc2ccc(N)cc2C#N)sc1C. The zero-order valence-corrected chi connectivity index (χ0v) is 10.3. The van der Waals surface area contributed by atoms with E-state index in [1.807, 2.05) is 19.9 Å². The van der Waals surface area contributed by atoms with Crippen molar-refractivity contribution in [1.29, 1.82) is 5.26 Å². The first kappa shape index (κ1) is 11.4. The molecule has 1 aromatic carbocycles. The van der Waals surface area contributed by atoms with Crippen LogP contribution >= 0.6 is 11.3 Å². The van der Waals surface area contributed by atoms with E-state index < -0.39 is 0 Å². The van der Waals surface area contributed by atoms with E-state index in [9.17, 15) is 0 Å². The van der Waals surface area contributed by atoms with Gasteiger partial charge in [-0.3, -0.25) is 0 Å². The second kappa shape index (κ2) is 4.44. The second-order valence-electron chi connectivity index (χ2n) is 3.59. The molecule has 1 heterocycles. The van der Waals surface area contributed by atoms with E-state index in [1.165, 1.54) is 11.3 Å². The van der Waals surface area contributed by atoms with E-state index in [0.717, 1.165) is 10.6 Å². The highest BCUT2D eigenvalue weighted by molar-refractivity contribution is 7.13. The maximum absolute atomic E-state index is 8.98. The standard InChI is InChI=1S/C12H11N3OS/c1-7-8(2)17-12(15-7)16-11-4-3-10(14)5-9(11)6-13/h3-5H,14H2,1-2H3. The first-order valence-electron chi connectivity index (χ1n) is 5.01. The maximum Gasteiger partial charge on any atom is 0.279 e. The predicted octanol–water partition coefficient (Wildman–Crippen LogP) is 3.01. The molecule has 86 valence electrons. The number of ether oxygens (including phenoxy) is 1. The summed E-state index contributed by atoms with van der Waals surface area (Å²) < 4.78 is 5.59. The summed E-state index contributed by atoms with van der Waals surface area (Å²) in [5.41, 5.74) is 7.50. The molecule has 0 radical (unpaired) electrons. The Balaban J connectivity index is 2.33. The van der Waals surface area contributed by atoms with E-state index in [1.54, 1.807) is 18.2 Å². The van der Waals surface area contributed by atoms with Crippen molar-refractivity contribution < 1.29 is 4.74 Å². The number of aryl methyl sites for hydroxylation is 2. The normalized spacial score (nSPS) is 9.94. The zero-order chi connectivity index (χ0) is 12.4. The third kappa shape index (κ3) is 2.37. The fourth-order valence-electron chi connectivity index (χ4n) is 1.30. The maximum atomic E-state index is 8.98. The van der Waals surface area contributed by atoms with Gasteiger partial charge in [0.2, 0.25) is 0 Å². The van der Waals surface area contributed by atoms with Crippen LogP contribution in [0.2, 0.25) is 0 Å². The van der Waals surface area contributed by atoms with Gasteiger partial charge in [-0.1, -0.05) is 11.3 Å². The average molecular weight is 245 g/mol. The number of nitrogens with two attached hydrogens (primary N) is 1. The number of nitrogens with zero attached hydrogens (tertiary/aromatic N) is 2. The van der Waals surface area contributed by atoms with Crippen molar-refractivity contribution in [3.63, 3.8) is 0 Å². The predicted molar refractivity (Wildman–Crippen MR) is 67.2 cm³/mol. The molecule has 0 unspecified atom stereocenters. The van der Waals surface area contributed by atoms with Crippen LogP contribution in [0, 0.1) is 25.2 Å². The molecule has 5 heteroatoms. The molecule has 0 atom stereocenters. The van der Waals surface area contributed by atoms with Crippen LogP contribution in [0.15, 0.2) is 18.2 Å². The summed E-state index contributed by atoms with van der Waals surface area (Å²) in [5, 5.41) is 9.52. The van der Waals surface area contributed by atoms with E-state index in [0.29, 0.717) is 22.2 Å². The van der Waals surface area contributed by atoms with Crippen LogP contribution in [-0.4, -0.2) is 4.98 Å². The smallest absolute Gasteiger partial charge is 0.279 e. The van der Waals surface area contributed by atoms with Gasteiger partial charge in [0.1, 0.15) is 11.8 Å². The lowest BCUT2D eigenvalue weighted by Gasteiger charge is -2.04. The third-order valence-electron chi connectivity index (χ3n) is 2.33. The Hall–Kier alpha value is -2.06. The van der Waals surface area contributed by atoms with Crippen molar-refractivity contribution in [1.82, 2.24) is 4.98 Å². The molecule has 0 saturated carbocycles. The summed E-state index contributed by atoms with van der Waals surface area (Å²) in [6, 6.07) is 7.01. The van der Waals surface area contributed by atoms with Gasteiger partial charge in [0.25, 0.3) is 5.19 Å². The number of thiazole rings is 1. The van der Waals surface area contributed by atoms with Crippen LogP contribution in [-0.2, 0) is 0 Å². The van der Waals surface area contributed by atoms with Crippen LogP contribution < -0.4 is 10.5 Å². The minimum atomic E-state index is 0.413. The molecule has 0 aliphatic heterocycles. The Kier molecular flexibility index (Phi) is 2.98. The highest BCUT2D eigenvalue weighted by Crippen LogP contribution is 2.30. The fourth-order valence-corrected chi connectivity index (χ4v) is 2.07. The van der Waals surface area contributed by atoms with Gasteiger partial charge in [-0.05, 0) is 32.0 Å². The lowest BCUT2D eigenvalue weighted by atomic mass is 10.2. The lowest BCUT2D eigenvalue weighted by molar-refractivity contribution is 0.476. The summed E-state index contributed by atoms with van der Waals surface area (Å²) in [5.74, 6) is 0.482. The average Bonchev–Trinajstić information content (AvgIpc) is 2.60. The third-order valence-corrected chi connectivity index (χ3v) is 3.28. The summed E-state index contributed by atoms with van der Waals surface area (Å²) in [7, 11) is 0. The number of aromatic nitrogens is 1. The summed E-state index contributed by atoms with van der Waals surface area (Å²) >= 11 is 1.46. The van der Waals surface area contributed by atoms with E-state index >= 15 is 0 Å². The first-order valence-corrected chi connectivity index (χ1v) is 5.83. The van der Waals surface area contributed by atoms with Crippen molar-refractivity contribution >= 4 is 17.0 Å². The first-order chi connectivity index (χ1) is 8.10. The number of hydrogen-bond acceptors (Lipinski definition) is 5. The highest BCUT2D eigenvalue weighted by Gasteiger charge is 2.09. The van der Waals surface area contributed by atoms with E-state index in [2.05, 4.69) is 4.98 Å². The molecule has 2 rings (SSSR count). The van der Waals surface area contributed by atoms with Gasteiger partial charge in [-0.25, -0.2) is 4.98 Å². The van der Waals surface area contributed by atoms with Gasteiger partial charge < -0.3 is 10.5 Å². The monoisotopic (exact) mass is 245 g/mol. The molecule has 0 saturated heterocycles. The minimum Gasteiger partial charge on any atom is -0.429 e. The molecule has 2 N–H and O–H groups in total. The van der Waals surface area contributed by atoms with Gasteiger partial charge in [-0.2, -0.15) is 5.26 Å². The van der Waals surface area contributed by atoms with E-state index in [4.69, 9.17) is 15.7 Å². The lowest BCUT2D eigenvalue weighted by Crippen LogP contribution is -1.91. The van der Waals surface area contributed by atoms with Crippen LogP contribution in [0.1, 0.15) is 16.1 Å². The molecule has 0 bridgehead atoms. The largest absolute Gasteiger partial charge is 0.429 e. The number of nitrogen functional groups attached to an aromatic ring is 1. The molecular formula is C12H11N3OS. The molecule has 0 spiro atoms. The quantitative estimate of drug-likeness (QED) is 0.825. The molecule has 0 amide bonds. The van der Waals surface area contributed by atoms with Gasteiger partial charge in [0, 0.05) is 10.6 Å². The van der Waals surface area contributed by atoms with Crippen LogP contribution in [0.3, 0.4) is 0 Å². The molecule has 1 aromatic heterocycles. The number of benzene rings is 1. The van der Waals surface area contributed by atoms with E-state index in [-0.39, 0.29) is 0 Å². The van der Waals surface area contributed by atoms with Gasteiger partial charge >= 0.3 is 0 Å². The summed E-state index contributed by atoms with van der Waals surface area (Å²) in [4.78, 5) is 5.36. The number of hydrogen-bond donors (Lipinski definition) is 1. The van der Waals surface area contributed by atoms with Crippen molar-refractivity contribution in [2.24, 2.45) is 0 Å². The molecule has 0 aliphatic rings. The Bertz CT molecular complexity index is 579. The van der Waals surface area contributed by atoms with Crippen LogP contribution in [0.4, 0.5) is 5.69 Å². The molecule has 2 aromatic rings. The number of anilines is 1. The minimum absolute atomic E-state index is 0.413. The Morgan fingerprint density at radius 1 is 1.41 bits per heavy atom. The van der Waals surface area contributed by atoms with Gasteiger partial charge in [-0.15, -0.1) is 0 Å². The molecule has 0 aliphatic carbocycles. The van der Waals surface area contributed by atoms with Crippen LogP contribution in [0.5, 0.6) is 10.9 Å². The Morgan fingerprint density at radius 3 is 2.76 bits per heavy atom. The number of nitriles is 1. The summed E-state index contributed by atoms with van der Waals surface area (Å²) in [6.45, 7) is 3.90. The van der Waals surface area contributed by atoms with Crippen molar-refractivity contribution in [3.8, 4) is 17.0 Å². The van der Waals surface area contributed by atoms with Gasteiger partial charge in [0.15, 0.2) is 0 Å². The highest BCUT2D eigenvalue weighted by atomic mass is 32.1. The van der Waals surface area contributed by atoms with Crippen molar-refractivity contribution in [3.05, 3.63) is 34.3 Å². The van der Waals surface area contributed by atoms with Crippen molar-refractivity contribution in [2.45, 2.75) is 13.8 Å². The fraction of sp³-hybridized carbons (Fsp3) is 0.167. The zero-order valence-electron chi connectivity index (χ0n) is 9.52.